The Bertz CT molecular complexity index is 1040. The Labute approximate surface area is 161 Å². The van der Waals surface area contributed by atoms with Gasteiger partial charge in [-0.05, 0) is 67.9 Å². The molecule has 0 amide bonds. The van der Waals surface area contributed by atoms with Crippen molar-refractivity contribution in [1.29, 1.82) is 5.26 Å². The third kappa shape index (κ3) is 2.94. The van der Waals surface area contributed by atoms with Gasteiger partial charge in [-0.15, -0.1) is 0 Å². The molecule has 134 valence electrons. The monoisotopic (exact) mass is 352 g/mol. The van der Waals surface area contributed by atoms with Crippen LogP contribution in [-0.2, 0) is 18.3 Å². The molecule has 0 aliphatic heterocycles. The van der Waals surface area contributed by atoms with Crippen LogP contribution in [0.2, 0.25) is 0 Å². The van der Waals surface area contributed by atoms with Crippen molar-refractivity contribution in [3.8, 4) is 17.2 Å². The molecule has 1 atom stereocenters. The summed E-state index contributed by atoms with van der Waals surface area (Å²) >= 11 is 0. The van der Waals surface area contributed by atoms with Crippen LogP contribution in [-0.4, -0.2) is 4.98 Å². The van der Waals surface area contributed by atoms with Crippen LogP contribution in [0.1, 0.15) is 40.1 Å². The molecule has 2 nitrogen and oxygen atoms in total. The molecule has 0 saturated carbocycles. The van der Waals surface area contributed by atoms with Gasteiger partial charge in [-0.1, -0.05) is 60.2 Å². The predicted octanol–water partition coefficient (Wildman–Crippen LogP) is 5.62. The van der Waals surface area contributed by atoms with Gasteiger partial charge in [-0.2, -0.15) is 5.26 Å². The van der Waals surface area contributed by atoms with Gasteiger partial charge in [0, 0.05) is 5.69 Å². The first-order chi connectivity index (χ1) is 13.0. The van der Waals surface area contributed by atoms with Gasteiger partial charge in [0.05, 0.1) is 11.8 Å². The summed E-state index contributed by atoms with van der Waals surface area (Å²) in [6.07, 6.45) is 2.47. The maximum atomic E-state index is 10.2. The highest BCUT2D eigenvalue weighted by molar-refractivity contribution is 5.74. The average molecular weight is 352 g/mol. The van der Waals surface area contributed by atoms with Crippen molar-refractivity contribution in [2.24, 2.45) is 0 Å². The van der Waals surface area contributed by atoms with Gasteiger partial charge in [-0.25, -0.2) is 0 Å². The fraction of sp³-hybridized carbons (Fsp3) is 0.280. The van der Waals surface area contributed by atoms with E-state index >= 15 is 0 Å². The van der Waals surface area contributed by atoms with E-state index in [9.17, 15) is 5.26 Å². The number of aromatic nitrogens is 1. The maximum Gasteiger partial charge on any atom is 0.104 e. The van der Waals surface area contributed by atoms with E-state index in [4.69, 9.17) is 4.98 Å². The van der Waals surface area contributed by atoms with E-state index in [0.29, 0.717) is 0 Å². The Morgan fingerprint density at radius 1 is 1.04 bits per heavy atom. The van der Waals surface area contributed by atoms with E-state index in [-0.39, 0.29) is 0 Å². The summed E-state index contributed by atoms with van der Waals surface area (Å²) in [5, 5.41) is 10.2. The fourth-order valence-electron chi connectivity index (χ4n) is 4.40. The second kappa shape index (κ2) is 6.67. The third-order valence-electron chi connectivity index (χ3n) is 5.91. The second-order valence-corrected chi connectivity index (χ2v) is 7.75. The summed E-state index contributed by atoms with van der Waals surface area (Å²) in [7, 11) is 0. The van der Waals surface area contributed by atoms with Crippen molar-refractivity contribution in [2.45, 2.75) is 45.4 Å². The topological polar surface area (TPSA) is 36.7 Å². The smallest absolute Gasteiger partial charge is 0.104 e. The number of nitriles is 1. The zero-order chi connectivity index (χ0) is 19.0. The Morgan fingerprint density at radius 2 is 1.81 bits per heavy atom. The molecule has 2 aromatic carbocycles. The van der Waals surface area contributed by atoms with Crippen LogP contribution in [0.25, 0.3) is 11.1 Å². The lowest BCUT2D eigenvalue weighted by Crippen LogP contribution is -2.25. The second-order valence-electron chi connectivity index (χ2n) is 7.75. The lowest BCUT2D eigenvalue weighted by molar-refractivity contribution is 0.527. The minimum atomic E-state index is -0.534. The third-order valence-corrected chi connectivity index (χ3v) is 5.91. The van der Waals surface area contributed by atoms with E-state index in [1.54, 1.807) is 0 Å². The molecule has 3 aromatic rings. The number of benzene rings is 2. The average Bonchev–Trinajstić information content (AvgIpc) is 3.02. The van der Waals surface area contributed by atoms with Crippen LogP contribution in [0, 0.1) is 32.1 Å². The van der Waals surface area contributed by atoms with Gasteiger partial charge in [-0.3, -0.25) is 4.98 Å². The highest BCUT2D eigenvalue weighted by Crippen LogP contribution is 2.45. The predicted molar refractivity (Wildman–Crippen MR) is 110 cm³/mol. The number of nitrogens with zero attached hydrogens (tertiary/aromatic N) is 2. The first-order valence-corrected chi connectivity index (χ1v) is 9.57. The van der Waals surface area contributed by atoms with Gasteiger partial charge >= 0.3 is 0 Å². The summed E-state index contributed by atoms with van der Waals surface area (Å²) in [5.74, 6) is 0. The molecule has 0 radical (unpaired) electrons. The number of aryl methyl sites for hydroxylation is 2. The van der Waals surface area contributed by atoms with Gasteiger partial charge in [0.2, 0.25) is 0 Å². The normalized spacial score (nSPS) is 18.1. The molecule has 0 N–H and O–H groups in total. The van der Waals surface area contributed by atoms with Crippen molar-refractivity contribution < 1.29 is 0 Å². The molecule has 0 bridgehead atoms. The lowest BCUT2D eigenvalue weighted by atomic mass is 9.80. The zero-order valence-electron chi connectivity index (χ0n) is 16.2. The molecule has 1 aliphatic carbocycles. The van der Waals surface area contributed by atoms with E-state index in [0.717, 1.165) is 30.7 Å². The Hall–Kier alpha value is -2.92. The number of pyridine rings is 1. The minimum Gasteiger partial charge on any atom is -0.256 e. The summed E-state index contributed by atoms with van der Waals surface area (Å²) in [5.41, 5.74) is 8.96. The molecule has 1 heterocycles. The standard InChI is InChI=1S/C25H24N2/c1-17-8-7-11-21(14-17)23-18(2)19(3)27-24-22(23)12-13-25(24,16-26)15-20-9-5-4-6-10-20/h4-11,14H,12-13,15H2,1-3H3. The summed E-state index contributed by atoms with van der Waals surface area (Å²) in [6, 6.07) is 21.6. The van der Waals surface area contributed by atoms with Crippen LogP contribution in [0.4, 0.5) is 0 Å². The molecule has 27 heavy (non-hydrogen) atoms. The molecule has 2 heteroatoms. The SMILES string of the molecule is Cc1cccc(-c2c(C)c(C)nc3c2CCC3(C#N)Cc2ccccc2)c1. The molecule has 1 aromatic heterocycles. The fourth-order valence-corrected chi connectivity index (χ4v) is 4.40. The Balaban J connectivity index is 1.90. The molecule has 4 rings (SSSR count). The Kier molecular flexibility index (Phi) is 4.32. The van der Waals surface area contributed by atoms with Crippen LogP contribution >= 0.6 is 0 Å². The molecule has 1 aliphatic rings. The number of hydrogen-bond donors (Lipinski definition) is 0. The van der Waals surface area contributed by atoms with Gasteiger partial charge in [0.1, 0.15) is 5.41 Å². The molecular weight excluding hydrogens is 328 g/mol. The molecular formula is C25H24N2. The summed E-state index contributed by atoms with van der Waals surface area (Å²) < 4.78 is 0. The Morgan fingerprint density at radius 3 is 2.52 bits per heavy atom. The molecule has 0 saturated heterocycles. The van der Waals surface area contributed by atoms with E-state index < -0.39 is 5.41 Å². The van der Waals surface area contributed by atoms with Crippen molar-refractivity contribution in [1.82, 2.24) is 4.98 Å². The van der Waals surface area contributed by atoms with Crippen molar-refractivity contribution in [2.75, 3.05) is 0 Å². The first-order valence-electron chi connectivity index (χ1n) is 9.57. The van der Waals surface area contributed by atoms with Crippen LogP contribution < -0.4 is 0 Å². The van der Waals surface area contributed by atoms with Gasteiger partial charge in [0.25, 0.3) is 0 Å². The highest BCUT2D eigenvalue weighted by Gasteiger charge is 2.42. The lowest BCUT2D eigenvalue weighted by Gasteiger charge is -2.23. The van der Waals surface area contributed by atoms with Crippen molar-refractivity contribution >= 4 is 0 Å². The van der Waals surface area contributed by atoms with Crippen molar-refractivity contribution in [3.63, 3.8) is 0 Å². The van der Waals surface area contributed by atoms with Gasteiger partial charge in [0.15, 0.2) is 0 Å². The highest BCUT2D eigenvalue weighted by atomic mass is 14.8. The van der Waals surface area contributed by atoms with E-state index in [1.807, 2.05) is 18.2 Å². The van der Waals surface area contributed by atoms with Crippen LogP contribution in [0.5, 0.6) is 0 Å². The number of rotatable bonds is 3. The summed E-state index contributed by atoms with van der Waals surface area (Å²) in [4.78, 5) is 4.96. The molecule has 1 unspecified atom stereocenters. The summed E-state index contributed by atoms with van der Waals surface area (Å²) in [6.45, 7) is 6.35. The van der Waals surface area contributed by atoms with Crippen LogP contribution in [0.3, 0.4) is 0 Å². The first kappa shape index (κ1) is 17.5. The molecule has 0 spiro atoms. The zero-order valence-corrected chi connectivity index (χ0v) is 16.2. The van der Waals surface area contributed by atoms with E-state index in [2.05, 4.69) is 63.2 Å². The number of fused-ring (bicyclic) bond motifs is 1. The van der Waals surface area contributed by atoms with E-state index in [1.165, 1.54) is 33.4 Å². The maximum absolute atomic E-state index is 10.2. The van der Waals surface area contributed by atoms with Gasteiger partial charge < -0.3 is 0 Å². The van der Waals surface area contributed by atoms with Crippen LogP contribution in [0.15, 0.2) is 54.6 Å². The minimum absolute atomic E-state index is 0.534. The molecule has 0 fully saturated rings. The largest absolute Gasteiger partial charge is 0.256 e. The van der Waals surface area contributed by atoms with Crippen molar-refractivity contribution in [3.05, 3.63) is 88.2 Å². The number of hydrogen-bond acceptors (Lipinski definition) is 2. The quantitative estimate of drug-likeness (QED) is 0.613.